The average molecular weight is 269 g/mol. The zero-order valence-corrected chi connectivity index (χ0v) is 11.6. The molecule has 104 valence electrons. The molecule has 0 spiro atoms. The maximum atomic E-state index is 6.04. The zero-order valence-electron chi connectivity index (χ0n) is 11.6. The molecule has 2 aromatic rings. The Hall–Kier alpha value is -2.00. The number of benzene rings is 2. The second-order valence-electron chi connectivity index (χ2n) is 5.50. The number of ether oxygens (including phenoxy) is 2. The average Bonchev–Trinajstić information content (AvgIpc) is 2.95. The molecule has 20 heavy (non-hydrogen) atoms. The standard InChI is InChI=1S/C17H19NO2/c1-17(11-18,14-5-3-2-4-6-14)10-13-7-8-15-16(9-13)20-12-19-15/h2-9H,10-12,18H2,1H3. The smallest absolute Gasteiger partial charge is 0.231 e. The fourth-order valence-corrected chi connectivity index (χ4v) is 2.63. The predicted octanol–water partition coefficient (Wildman–Crippen LogP) is 2.87. The summed E-state index contributed by atoms with van der Waals surface area (Å²) < 4.78 is 10.8. The Morgan fingerprint density at radius 1 is 1.05 bits per heavy atom. The van der Waals surface area contributed by atoms with Gasteiger partial charge in [0.15, 0.2) is 11.5 Å². The molecule has 2 aromatic carbocycles. The fourth-order valence-electron chi connectivity index (χ4n) is 2.63. The van der Waals surface area contributed by atoms with E-state index in [2.05, 4.69) is 43.3 Å². The van der Waals surface area contributed by atoms with E-state index in [4.69, 9.17) is 15.2 Å². The van der Waals surface area contributed by atoms with Crippen LogP contribution in [0.3, 0.4) is 0 Å². The minimum atomic E-state index is -0.0744. The third kappa shape index (κ3) is 2.37. The molecule has 0 saturated heterocycles. The quantitative estimate of drug-likeness (QED) is 0.928. The molecule has 0 amide bonds. The molecule has 1 aliphatic heterocycles. The Morgan fingerprint density at radius 2 is 1.80 bits per heavy atom. The molecule has 1 aliphatic rings. The maximum absolute atomic E-state index is 6.04. The summed E-state index contributed by atoms with van der Waals surface area (Å²) in [6, 6.07) is 16.5. The van der Waals surface area contributed by atoms with Crippen LogP contribution in [0.5, 0.6) is 11.5 Å². The van der Waals surface area contributed by atoms with Crippen LogP contribution in [0, 0.1) is 0 Å². The molecular formula is C17H19NO2. The lowest BCUT2D eigenvalue weighted by atomic mass is 9.77. The molecule has 0 fully saturated rings. The molecule has 1 heterocycles. The molecule has 0 saturated carbocycles. The van der Waals surface area contributed by atoms with E-state index in [-0.39, 0.29) is 5.41 Å². The Bertz CT molecular complexity index is 597. The first-order valence-electron chi connectivity index (χ1n) is 6.85. The van der Waals surface area contributed by atoms with Crippen molar-refractivity contribution in [3.8, 4) is 11.5 Å². The summed E-state index contributed by atoms with van der Waals surface area (Å²) in [6.07, 6.45) is 0.879. The van der Waals surface area contributed by atoms with Gasteiger partial charge in [0.05, 0.1) is 0 Å². The molecule has 0 bridgehead atoms. The highest BCUT2D eigenvalue weighted by Crippen LogP contribution is 2.35. The van der Waals surface area contributed by atoms with Gasteiger partial charge in [-0.3, -0.25) is 0 Å². The van der Waals surface area contributed by atoms with Gasteiger partial charge in [-0.25, -0.2) is 0 Å². The summed E-state index contributed by atoms with van der Waals surface area (Å²) in [7, 11) is 0. The van der Waals surface area contributed by atoms with Crippen LogP contribution in [0.1, 0.15) is 18.1 Å². The lowest BCUT2D eigenvalue weighted by Gasteiger charge is -2.29. The van der Waals surface area contributed by atoms with E-state index in [9.17, 15) is 0 Å². The molecule has 0 radical (unpaired) electrons. The van der Waals surface area contributed by atoms with Crippen molar-refractivity contribution < 1.29 is 9.47 Å². The van der Waals surface area contributed by atoms with E-state index < -0.39 is 0 Å². The molecule has 3 rings (SSSR count). The van der Waals surface area contributed by atoms with Crippen molar-refractivity contribution in [2.75, 3.05) is 13.3 Å². The zero-order chi connectivity index (χ0) is 14.0. The van der Waals surface area contributed by atoms with E-state index >= 15 is 0 Å². The largest absolute Gasteiger partial charge is 0.454 e. The Balaban J connectivity index is 1.88. The maximum Gasteiger partial charge on any atom is 0.231 e. The molecule has 1 unspecified atom stereocenters. The lowest BCUT2D eigenvalue weighted by molar-refractivity contribution is 0.174. The van der Waals surface area contributed by atoms with Crippen molar-refractivity contribution in [1.29, 1.82) is 0 Å². The Kier molecular flexibility index (Phi) is 3.36. The third-order valence-electron chi connectivity index (χ3n) is 3.95. The fraction of sp³-hybridized carbons (Fsp3) is 0.294. The van der Waals surface area contributed by atoms with E-state index in [1.54, 1.807) is 0 Å². The summed E-state index contributed by atoms with van der Waals surface area (Å²) in [4.78, 5) is 0. The second-order valence-corrected chi connectivity index (χ2v) is 5.50. The molecule has 0 aromatic heterocycles. The molecular weight excluding hydrogens is 250 g/mol. The normalized spacial score (nSPS) is 15.9. The summed E-state index contributed by atoms with van der Waals surface area (Å²) in [5, 5.41) is 0. The number of fused-ring (bicyclic) bond motifs is 1. The highest BCUT2D eigenvalue weighted by Gasteiger charge is 2.26. The van der Waals surface area contributed by atoms with Crippen molar-refractivity contribution in [3.63, 3.8) is 0 Å². The summed E-state index contributed by atoms with van der Waals surface area (Å²) in [5.41, 5.74) is 8.45. The first kappa shape index (κ1) is 13.0. The molecule has 3 nitrogen and oxygen atoms in total. The summed E-state index contributed by atoms with van der Waals surface area (Å²) in [6.45, 7) is 3.12. The first-order chi connectivity index (χ1) is 9.71. The predicted molar refractivity (Wildman–Crippen MR) is 79.1 cm³/mol. The number of hydrogen-bond donors (Lipinski definition) is 1. The highest BCUT2D eigenvalue weighted by molar-refractivity contribution is 5.45. The van der Waals surface area contributed by atoms with Crippen molar-refractivity contribution in [3.05, 3.63) is 59.7 Å². The van der Waals surface area contributed by atoms with Crippen LogP contribution in [-0.4, -0.2) is 13.3 Å². The van der Waals surface area contributed by atoms with Gasteiger partial charge in [0.25, 0.3) is 0 Å². The van der Waals surface area contributed by atoms with Crippen LogP contribution < -0.4 is 15.2 Å². The van der Waals surface area contributed by atoms with Crippen LogP contribution >= 0.6 is 0 Å². The summed E-state index contributed by atoms with van der Waals surface area (Å²) in [5.74, 6) is 1.65. The first-order valence-corrected chi connectivity index (χ1v) is 6.85. The SMILES string of the molecule is CC(CN)(Cc1ccc2c(c1)OCO2)c1ccccc1. The van der Waals surface area contributed by atoms with Crippen molar-refractivity contribution in [2.45, 2.75) is 18.8 Å². The van der Waals surface area contributed by atoms with Gasteiger partial charge in [0.1, 0.15) is 0 Å². The van der Waals surface area contributed by atoms with Gasteiger partial charge in [-0.2, -0.15) is 0 Å². The van der Waals surface area contributed by atoms with Crippen molar-refractivity contribution in [1.82, 2.24) is 0 Å². The number of hydrogen-bond acceptors (Lipinski definition) is 3. The van der Waals surface area contributed by atoms with Gasteiger partial charge in [0.2, 0.25) is 6.79 Å². The van der Waals surface area contributed by atoms with Gasteiger partial charge < -0.3 is 15.2 Å². The van der Waals surface area contributed by atoms with Crippen molar-refractivity contribution in [2.24, 2.45) is 5.73 Å². The molecule has 0 aliphatic carbocycles. The van der Waals surface area contributed by atoms with Gasteiger partial charge in [-0.15, -0.1) is 0 Å². The minimum absolute atomic E-state index is 0.0744. The number of rotatable bonds is 4. The van der Waals surface area contributed by atoms with Crippen LogP contribution in [0.4, 0.5) is 0 Å². The van der Waals surface area contributed by atoms with Gasteiger partial charge in [0, 0.05) is 12.0 Å². The molecule has 2 N–H and O–H groups in total. The Labute approximate surface area is 119 Å². The van der Waals surface area contributed by atoms with E-state index in [0.29, 0.717) is 13.3 Å². The van der Waals surface area contributed by atoms with Crippen LogP contribution in [0.15, 0.2) is 48.5 Å². The van der Waals surface area contributed by atoms with Gasteiger partial charge in [-0.1, -0.05) is 43.3 Å². The lowest BCUT2D eigenvalue weighted by Crippen LogP contribution is -2.34. The van der Waals surface area contributed by atoms with Gasteiger partial charge in [-0.05, 0) is 29.7 Å². The number of nitrogens with two attached hydrogens (primary N) is 1. The van der Waals surface area contributed by atoms with Crippen molar-refractivity contribution >= 4 is 0 Å². The monoisotopic (exact) mass is 269 g/mol. The van der Waals surface area contributed by atoms with Crippen LogP contribution in [-0.2, 0) is 11.8 Å². The van der Waals surface area contributed by atoms with Crippen LogP contribution in [0.25, 0.3) is 0 Å². The van der Waals surface area contributed by atoms with E-state index in [1.807, 2.05) is 12.1 Å². The molecule has 1 atom stereocenters. The van der Waals surface area contributed by atoms with Gasteiger partial charge >= 0.3 is 0 Å². The Morgan fingerprint density at radius 3 is 2.55 bits per heavy atom. The highest BCUT2D eigenvalue weighted by atomic mass is 16.7. The van der Waals surface area contributed by atoms with E-state index in [0.717, 1.165) is 17.9 Å². The summed E-state index contributed by atoms with van der Waals surface area (Å²) >= 11 is 0. The second kappa shape index (κ2) is 5.17. The third-order valence-corrected chi connectivity index (χ3v) is 3.95. The van der Waals surface area contributed by atoms with E-state index in [1.165, 1.54) is 11.1 Å². The topological polar surface area (TPSA) is 44.5 Å². The van der Waals surface area contributed by atoms with Crippen LogP contribution in [0.2, 0.25) is 0 Å². The molecule has 3 heteroatoms. The minimum Gasteiger partial charge on any atom is -0.454 e.